The molecular formula is C13H24N2. The molecular weight excluding hydrogens is 184 g/mol. The third-order valence-corrected chi connectivity index (χ3v) is 3.69. The van der Waals surface area contributed by atoms with Crippen LogP contribution in [0.3, 0.4) is 0 Å². The van der Waals surface area contributed by atoms with E-state index in [0.717, 1.165) is 12.3 Å². The molecule has 15 heavy (non-hydrogen) atoms. The Morgan fingerprint density at radius 3 is 2.53 bits per heavy atom. The van der Waals surface area contributed by atoms with E-state index in [9.17, 15) is 0 Å². The monoisotopic (exact) mass is 208 g/mol. The van der Waals surface area contributed by atoms with E-state index in [2.05, 4.69) is 24.9 Å². The molecule has 0 N–H and O–H groups in total. The van der Waals surface area contributed by atoms with E-state index in [-0.39, 0.29) is 0 Å². The smallest absolute Gasteiger partial charge is 0.0638 e. The topological polar surface area (TPSA) is 27.0 Å². The first kappa shape index (κ1) is 12.5. The summed E-state index contributed by atoms with van der Waals surface area (Å²) in [7, 11) is 2.18. The fourth-order valence-electron chi connectivity index (χ4n) is 2.64. The van der Waals surface area contributed by atoms with Crippen LogP contribution in [0.2, 0.25) is 0 Å². The van der Waals surface area contributed by atoms with E-state index in [4.69, 9.17) is 5.26 Å². The van der Waals surface area contributed by atoms with Gasteiger partial charge in [-0.25, -0.2) is 0 Å². The molecule has 0 amide bonds. The van der Waals surface area contributed by atoms with Gasteiger partial charge in [-0.1, -0.05) is 26.2 Å². The molecule has 0 aromatic carbocycles. The van der Waals surface area contributed by atoms with Crippen molar-refractivity contribution in [3.05, 3.63) is 0 Å². The third-order valence-electron chi connectivity index (χ3n) is 3.69. The molecule has 1 saturated carbocycles. The molecule has 1 aliphatic carbocycles. The minimum Gasteiger partial charge on any atom is -0.302 e. The van der Waals surface area contributed by atoms with E-state index in [0.29, 0.717) is 12.5 Å². The first-order chi connectivity index (χ1) is 7.27. The van der Waals surface area contributed by atoms with E-state index < -0.39 is 0 Å². The molecule has 0 saturated heterocycles. The number of nitrogens with zero attached hydrogens (tertiary/aromatic N) is 2. The summed E-state index contributed by atoms with van der Waals surface area (Å²) in [5, 5.41) is 8.75. The van der Waals surface area contributed by atoms with Gasteiger partial charge in [0, 0.05) is 12.6 Å². The Labute approximate surface area is 94.3 Å². The third kappa shape index (κ3) is 4.22. The number of nitriles is 1. The van der Waals surface area contributed by atoms with Crippen molar-refractivity contribution in [2.45, 2.75) is 57.9 Å². The highest BCUT2D eigenvalue weighted by Crippen LogP contribution is 2.25. The fourth-order valence-corrected chi connectivity index (χ4v) is 2.64. The molecule has 1 atom stereocenters. The van der Waals surface area contributed by atoms with Crippen molar-refractivity contribution in [1.29, 1.82) is 5.26 Å². The lowest BCUT2D eigenvalue weighted by molar-refractivity contribution is 0.179. The van der Waals surface area contributed by atoms with Crippen LogP contribution in [-0.4, -0.2) is 24.5 Å². The van der Waals surface area contributed by atoms with Crippen molar-refractivity contribution in [3.63, 3.8) is 0 Å². The second-order valence-electron chi connectivity index (χ2n) is 4.87. The quantitative estimate of drug-likeness (QED) is 0.694. The molecule has 86 valence electrons. The first-order valence-electron chi connectivity index (χ1n) is 6.35. The lowest BCUT2D eigenvalue weighted by Crippen LogP contribution is -2.35. The fraction of sp³-hybridized carbons (Fsp3) is 0.923. The van der Waals surface area contributed by atoms with Gasteiger partial charge in [0.05, 0.1) is 12.5 Å². The van der Waals surface area contributed by atoms with Crippen LogP contribution >= 0.6 is 0 Å². The summed E-state index contributed by atoms with van der Waals surface area (Å²) in [6.07, 6.45) is 8.81. The van der Waals surface area contributed by atoms with Gasteiger partial charge >= 0.3 is 0 Å². The largest absolute Gasteiger partial charge is 0.302 e. The van der Waals surface area contributed by atoms with Gasteiger partial charge in [-0.05, 0) is 32.2 Å². The lowest BCUT2D eigenvalue weighted by Gasteiger charge is -2.31. The number of rotatable bonds is 5. The summed E-state index contributed by atoms with van der Waals surface area (Å²) in [5.74, 6) is 0.886. The zero-order valence-corrected chi connectivity index (χ0v) is 10.2. The van der Waals surface area contributed by atoms with Gasteiger partial charge in [0.2, 0.25) is 0 Å². The summed E-state index contributed by atoms with van der Waals surface area (Å²) < 4.78 is 0. The minimum absolute atomic E-state index is 0.469. The summed E-state index contributed by atoms with van der Waals surface area (Å²) >= 11 is 0. The molecule has 1 aliphatic rings. The second-order valence-corrected chi connectivity index (χ2v) is 4.87. The van der Waals surface area contributed by atoms with Gasteiger partial charge in [0.1, 0.15) is 0 Å². The van der Waals surface area contributed by atoms with Crippen LogP contribution in [-0.2, 0) is 0 Å². The Hall–Kier alpha value is -0.550. The SMILES string of the molecule is CCC(CC#N)N(C)CC1CCCCC1. The van der Waals surface area contributed by atoms with Crippen LogP contribution in [0.4, 0.5) is 0 Å². The normalized spacial score (nSPS) is 20.1. The van der Waals surface area contributed by atoms with Crippen LogP contribution in [0.1, 0.15) is 51.9 Å². The Morgan fingerprint density at radius 1 is 1.33 bits per heavy atom. The zero-order valence-electron chi connectivity index (χ0n) is 10.2. The minimum atomic E-state index is 0.469. The maximum absolute atomic E-state index is 8.75. The molecule has 0 aliphatic heterocycles. The summed E-state index contributed by atoms with van der Waals surface area (Å²) in [4.78, 5) is 2.40. The second kappa shape index (κ2) is 6.85. The van der Waals surface area contributed by atoms with Crippen LogP contribution in [0.5, 0.6) is 0 Å². The van der Waals surface area contributed by atoms with E-state index in [1.165, 1.54) is 38.6 Å². The van der Waals surface area contributed by atoms with Gasteiger partial charge in [-0.3, -0.25) is 0 Å². The van der Waals surface area contributed by atoms with Gasteiger partial charge < -0.3 is 4.90 Å². The molecule has 1 rings (SSSR count). The predicted molar refractivity (Wildman–Crippen MR) is 63.5 cm³/mol. The van der Waals surface area contributed by atoms with Gasteiger partial charge in [0.25, 0.3) is 0 Å². The molecule has 0 bridgehead atoms. The van der Waals surface area contributed by atoms with E-state index in [1.807, 2.05) is 0 Å². The van der Waals surface area contributed by atoms with Crippen molar-refractivity contribution in [2.24, 2.45) is 5.92 Å². The average molecular weight is 208 g/mol. The molecule has 1 fully saturated rings. The Balaban J connectivity index is 2.31. The first-order valence-corrected chi connectivity index (χ1v) is 6.35. The molecule has 0 radical (unpaired) electrons. The molecule has 1 unspecified atom stereocenters. The van der Waals surface area contributed by atoms with E-state index in [1.54, 1.807) is 0 Å². The number of hydrogen-bond acceptors (Lipinski definition) is 2. The summed E-state index contributed by atoms with van der Waals surface area (Å²) in [6, 6.07) is 2.76. The van der Waals surface area contributed by atoms with Crippen molar-refractivity contribution in [1.82, 2.24) is 4.90 Å². The molecule has 0 heterocycles. The maximum atomic E-state index is 8.75. The summed E-state index contributed by atoms with van der Waals surface area (Å²) in [6.45, 7) is 3.37. The molecule has 2 heteroatoms. The Morgan fingerprint density at radius 2 is 2.00 bits per heavy atom. The average Bonchev–Trinajstić information content (AvgIpc) is 2.27. The van der Waals surface area contributed by atoms with Crippen LogP contribution in [0.25, 0.3) is 0 Å². The highest BCUT2D eigenvalue weighted by atomic mass is 15.1. The van der Waals surface area contributed by atoms with Crippen molar-refractivity contribution in [2.75, 3.05) is 13.6 Å². The predicted octanol–water partition coefficient (Wildman–Crippen LogP) is 3.19. The molecule has 0 aromatic rings. The van der Waals surface area contributed by atoms with Crippen LogP contribution in [0.15, 0.2) is 0 Å². The van der Waals surface area contributed by atoms with Crippen LogP contribution < -0.4 is 0 Å². The number of hydrogen-bond donors (Lipinski definition) is 0. The lowest BCUT2D eigenvalue weighted by atomic mass is 9.88. The molecule has 2 nitrogen and oxygen atoms in total. The van der Waals surface area contributed by atoms with Gasteiger partial charge in [-0.15, -0.1) is 0 Å². The highest BCUT2D eigenvalue weighted by molar-refractivity contribution is 4.82. The van der Waals surface area contributed by atoms with Gasteiger partial charge in [0.15, 0.2) is 0 Å². The standard InChI is InChI=1S/C13H24N2/c1-3-13(9-10-14)15(2)11-12-7-5-4-6-8-12/h12-13H,3-9,11H2,1-2H3. The van der Waals surface area contributed by atoms with Gasteiger partial charge in [-0.2, -0.15) is 5.26 Å². The highest BCUT2D eigenvalue weighted by Gasteiger charge is 2.19. The molecule has 0 aromatic heterocycles. The van der Waals surface area contributed by atoms with E-state index >= 15 is 0 Å². The Kier molecular flexibility index (Phi) is 5.71. The van der Waals surface area contributed by atoms with Crippen LogP contribution in [0, 0.1) is 17.2 Å². The van der Waals surface area contributed by atoms with Crippen molar-refractivity contribution >= 4 is 0 Å². The van der Waals surface area contributed by atoms with Crippen molar-refractivity contribution < 1.29 is 0 Å². The maximum Gasteiger partial charge on any atom is 0.0638 e. The van der Waals surface area contributed by atoms with Crippen molar-refractivity contribution in [3.8, 4) is 6.07 Å². The summed E-state index contributed by atoms with van der Waals surface area (Å²) in [5.41, 5.74) is 0. The zero-order chi connectivity index (χ0) is 11.1. The Bertz CT molecular complexity index is 201. The molecule has 0 spiro atoms.